The molecular formula is C16H16N2O2. The highest BCUT2D eigenvalue weighted by Gasteiger charge is 2.25. The molecule has 4 nitrogen and oxygen atoms in total. The monoisotopic (exact) mass is 268 g/mol. The maximum atomic E-state index is 12.6. The molecule has 4 heteroatoms. The number of ketones is 1. The van der Waals surface area contributed by atoms with Gasteiger partial charge in [-0.25, -0.2) is 0 Å². The van der Waals surface area contributed by atoms with E-state index in [2.05, 4.69) is 10.3 Å². The molecule has 1 aromatic heterocycles. The summed E-state index contributed by atoms with van der Waals surface area (Å²) in [6.07, 6.45) is 2.54. The first-order valence-corrected chi connectivity index (χ1v) is 6.79. The van der Waals surface area contributed by atoms with Crippen LogP contribution >= 0.6 is 0 Å². The SMILES string of the molecule is O=C(c1ccccc1-c1ccc(=O)[nH]c1)C1CCNC1. The number of hydrogen-bond acceptors (Lipinski definition) is 3. The van der Waals surface area contributed by atoms with Crippen molar-refractivity contribution in [2.45, 2.75) is 6.42 Å². The molecule has 102 valence electrons. The molecule has 1 aliphatic rings. The van der Waals surface area contributed by atoms with Crippen molar-refractivity contribution in [1.82, 2.24) is 10.3 Å². The fraction of sp³-hybridized carbons (Fsp3) is 0.250. The number of Topliss-reactive ketones (excluding diaryl/α,β-unsaturated/α-hetero) is 1. The summed E-state index contributed by atoms with van der Waals surface area (Å²) in [6.45, 7) is 1.65. The summed E-state index contributed by atoms with van der Waals surface area (Å²) in [5.41, 5.74) is 2.32. The van der Waals surface area contributed by atoms with Crippen LogP contribution in [0, 0.1) is 5.92 Å². The van der Waals surface area contributed by atoms with Gasteiger partial charge in [-0.05, 0) is 30.2 Å². The molecule has 1 unspecified atom stereocenters. The van der Waals surface area contributed by atoms with Crippen molar-refractivity contribution >= 4 is 5.78 Å². The highest BCUT2D eigenvalue weighted by atomic mass is 16.1. The van der Waals surface area contributed by atoms with Crippen molar-refractivity contribution < 1.29 is 4.79 Å². The molecule has 0 saturated carbocycles. The topological polar surface area (TPSA) is 62.0 Å². The number of pyridine rings is 1. The highest BCUT2D eigenvalue weighted by Crippen LogP contribution is 2.26. The molecule has 0 aliphatic carbocycles. The fourth-order valence-electron chi connectivity index (χ4n) is 2.63. The zero-order valence-electron chi connectivity index (χ0n) is 11.1. The molecule has 1 saturated heterocycles. The Hall–Kier alpha value is -2.20. The van der Waals surface area contributed by atoms with E-state index in [0.717, 1.165) is 36.2 Å². The molecule has 0 bridgehead atoms. The number of rotatable bonds is 3. The van der Waals surface area contributed by atoms with E-state index in [1.165, 1.54) is 6.07 Å². The summed E-state index contributed by atoms with van der Waals surface area (Å²) in [5.74, 6) is 0.232. The van der Waals surface area contributed by atoms with Crippen molar-refractivity contribution in [3.63, 3.8) is 0 Å². The first kappa shape index (κ1) is 12.8. The Labute approximate surface area is 116 Å². The largest absolute Gasteiger partial charge is 0.328 e. The molecule has 1 atom stereocenters. The number of H-pyrrole nitrogens is 1. The van der Waals surface area contributed by atoms with Crippen LogP contribution in [0.5, 0.6) is 0 Å². The van der Waals surface area contributed by atoms with Crippen LogP contribution in [0.15, 0.2) is 47.4 Å². The van der Waals surface area contributed by atoms with Gasteiger partial charge in [-0.15, -0.1) is 0 Å². The van der Waals surface area contributed by atoms with Crippen LogP contribution < -0.4 is 10.9 Å². The fourth-order valence-corrected chi connectivity index (χ4v) is 2.63. The van der Waals surface area contributed by atoms with Crippen LogP contribution in [0.25, 0.3) is 11.1 Å². The van der Waals surface area contributed by atoms with Gasteiger partial charge in [0, 0.05) is 30.3 Å². The summed E-state index contributed by atoms with van der Waals surface area (Å²) in [5, 5.41) is 3.22. The number of aromatic nitrogens is 1. The lowest BCUT2D eigenvalue weighted by Crippen LogP contribution is -2.18. The van der Waals surface area contributed by atoms with Gasteiger partial charge in [0.25, 0.3) is 0 Å². The van der Waals surface area contributed by atoms with Gasteiger partial charge in [-0.3, -0.25) is 9.59 Å². The number of carbonyl (C=O) groups is 1. The Balaban J connectivity index is 2.01. The summed E-state index contributed by atoms with van der Waals surface area (Å²) in [4.78, 5) is 26.4. The van der Waals surface area contributed by atoms with Crippen LogP contribution in [-0.4, -0.2) is 23.9 Å². The summed E-state index contributed by atoms with van der Waals surface area (Å²) in [6, 6.07) is 10.8. The van der Waals surface area contributed by atoms with E-state index in [1.54, 1.807) is 12.3 Å². The Bertz CT molecular complexity index is 664. The standard InChI is InChI=1S/C16H16N2O2/c19-15-6-5-11(10-18-15)13-3-1-2-4-14(13)16(20)12-7-8-17-9-12/h1-6,10,12,17H,7-9H2,(H,18,19). The van der Waals surface area contributed by atoms with E-state index < -0.39 is 0 Å². The average Bonchev–Trinajstić information content (AvgIpc) is 3.02. The molecule has 20 heavy (non-hydrogen) atoms. The lowest BCUT2D eigenvalue weighted by atomic mass is 9.91. The van der Waals surface area contributed by atoms with Gasteiger partial charge < -0.3 is 10.3 Å². The summed E-state index contributed by atoms with van der Waals surface area (Å²) >= 11 is 0. The number of aromatic amines is 1. The smallest absolute Gasteiger partial charge is 0.247 e. The van der Waals surface area contributed by atoms with E-state index in [1.807, 2.05) is 24.3 Å². The normalized spacial score (nSPS) is 18.1. The quantitative estimate of drug-likeness (QED) is 0.835. The van der Waals surface area contributed by atoms with Gasteiger partial charge in [0.2, 0.25) is 5.56 Å². The van der Waals surface area contributed by atoms with Crippen molar-refractivity contribution in [2.75, 3.05) is 13.1 Å². The molecule has 3 rings (SSSR count). The number of nitrogens with one attached hydrogen (secondary N) is 2. The second kappa shape index (κ2) is 5.43. The first-order chi connectivity index (χ1) is 9.75. The minimum Gasteiger partial charge on any atom is -0.328 e. The van der Waals surface area contributed by atoms with Crippen molar-refractivity contribution in [1.29, 1.82) is 0 Å². The van der Waals surface area contributed by atoms with E-state index in [0.29, 0.717) is 0 Å². The lowest BCUT2D eigenvalue weighted by Gasteiger charge is -2.12. The van der Waals surface area contributed by atoms with Crippen molar-refractivity contribution in [3.05, 3.63) is 58.5 Å². The van der Waals surface area contributed by atoms with Gasteiger partial charge >= 0.3 is 0 Å². The Morgan fingerprint density at radius 2 is 2.00 bits per heavy atom. The molecule has 0 spiro atoms. The molecule has 0 amide bonds. The van der Waals surface area contributed by atoms with Crippen LogP contribution in [0.1, 0.15) is 16.8 Å². The van der Waals surface area contributed by atoms with Gasteiger partial charge in [0.1, 0.15) is 0 Å². The summed E-state index contributed by atoms with van der Waals surface area (Å²) < 4.78 is 0. The third-order valence-corrected chi connectivity index (χ3v) is 3.72. The second-order valence-electron chi connectivity index (χ2n) is 5.04. The van der Waals surface area contributed by atoms with Crippen molar-refractivity contribution in [2.24, 2.45) is 5.92 Å². The number of carbonyl (C=O) groups excluding carboxylic acids is 1. The predicted octanol–water partition coefficient (Wildman–Crippen LogP) is 1.83. The summed E-state index contributed by atoms with van der Waals surface area (Å²) in [7, 11) is 0. The molecule has 2 heterocycles. The van der Waals surface area contributed by atoms with Gasteiger partial charge in [0.05, 0.1) is 0 Å². The van der Waals surface area contributed by atoms with Crippen molar-refractivity contribution in [3.8, 4) is 11.1 Å². The predicted molar refractivity (Wildman–Crippen MR) is 77.8 cm³/mol. The molecule has 1 aliphatic heterocycles. The Kier molecular flexibility index (Phi) is 3.48. The zero-order chi connectivity index (χ0) is 13.9. The van der Waals surface area contributed by atoms with Crippen LogP contribution in [0.3, 0.4) is 0 Å². The molecule has 1 fully saturated rings. The first-order valence-electron chi connectivity index (χ1n) is 6.79. The maximum Gasteiger partial charge on any atom is 0.247 e. The zero-order valence-corrected chi connectivity index (χ0v) is 11.1. The maximum absolute atomic E-state index is 12.6. The van der Waals surface area contributed by atoms with Crippen LogP contribution in [-0.2, 0) is 0 Å². The van der Waals surface area contributed by atoms with Crippen LogP contribution in [0.2, 0.25) is 0 Å². The van der Waals surface area contributed by atoms with E-state index >= 15 is 0 Å². The Morgan fingerprint density at radius 3 is 2.70 bits per heavy atom. The lowest BCUT2D eigenvalue weighted by molar-refractivity contribution is 0.0931. The minimum absolute atomic E-state index is 0.0545. The van der Waals surface area contributed by atoms with Gasteiger partial charge in [-0.1, -0.05) is 24.3 Å². The van der Waals surface area contributed by atoms with E-state index in [9.17, 15) is 9.59 Å². The Morgan fingerprint density at radius 1 is 1.15 bits per heavy atom. The molecule has 0 radical (unpaired) electrons. The average molecular weight is 268 g/mol. The molecule has 1 aromatic carbocycles. The van der Waals surface area contributed by atoms with Gasteiger partial charge in [-0.2, -0.15) is 0 Å². The van der Waals surface area contributed by atoms with E-state index in [-0.39, 0.29) is 17.3 Å². The molecule has 2 aromatic rings. The minimum atomic E-state index is -0.141. The molecule has 2 N–H and O–H groups in total. The van der Waals surface area contributed by atoms with Crippen LogP contribution in [0.4, 0.5) is 0 Å². The van der Waals surface area contributed by atoms with Gasteiger partial charge in [0.15, 0.2) is 5.78 Å². The number of benzene rings is 1. The highest BCUT2D eigenvalue weighted by molar-refractivity contribution is 6.03. The third kappa shape index (κ3) is 2.42. The second-order valence-corrected chi connectivity index (χ2v) is 5.04. The third-order valence-electron chi connectivity index (χ3n) is 3.72. The van der Waals surface area contributed by atoms with E-state index in [4.69, 9.17) is 0 Å². The number of hydrogen-bond donors (Lipinski definition) is 2. The molecular weight excluding hydrogens is 252 g/mol.